The van der Waals surface area contributed by atoms with E-state index in [1.807, 2.05) is 38.6 Å². The maximum Gasteiger partial charge on any atom is 0.274 e. The number of aryl methyl sites for hydroxylation is 3. The summed E-state index contributed by atoms with van der Waals surface area (Å²) in [5.74, 6) is 0.735. The van der Waals surface area contributed by atoms with Crippen LogP contribution < -0.4 is 10.2 Å². The number of hydrogen-bond donors (Lipinski definition) is 1. The number of aromatic nitrogens is 4. The van der Waals surface area contributed by atoms with E-state index in [4.69, 9.17) is 0 Å². The van der Waals surface area contributed by atoms with Crippen molar-refractivity contribution < 1.29 is 4.79 Å². The molecule has 0 unspecified atom stereocenters. The van der Waals surface area contributed by atoms with Crippen LogP contribution in [-0.4, -0.2) is 38.6 Å². The van der Waals surface area contributed by atoms with Crippen LogP contribution in [0.5, 0.6) is 0 Å². The van der Waals surface area contributed by atoms with Gasteiger partial charge >= 0.3 is 0 Å². The van der Waals surface area contributed by atoms with Crippen LogP contribution in [0.25, 0.3) is 0 Å². The molecular weight excluding hydrogens is 292 g/mol. The summed E-state index contributed by atoms with van der Waals surface area (Å²) in [4.78, 5) is 14.9. The normalized spacial score (nSPS) is 14.5. The molecule has 1 saturated heterocycles. The van der Waals surface area contributed by atoms with Crippen molar-refractivity contribution in [2.24, 2.45) is 7.05 Å². The number of hydrogen-bond acceptors (Lipinski definition) is 4. The minimum atomic E-state index is -0.135. The molecule has 2 aromatic rings. The summed E-state index contributed by atoms with van der Waals surface area (Å²) in [6.07, 6.45) is 2.34. The Morgan fingerprint density at radius 1 is 1.26 bits per heavy atom. The molecule has 1 aliphatic heterocycles. The summed E-state index contributed by atoms with van der Waals surface area (Å²) in [6.45, 7) is 8.50. The summed E-state index contributed by atoms with van der Waals surface area (Å²) >= 11 is 0. The van der Waals surface area contributed by atoms with E-state index in [9.17, 15) is 4.79 Å². The lowest BCUT2D eigenvalue weighted by molar-refractivity contribution is 0.101. The second-order valence-corrected chi connectivity index (χ2v) is 6.04. The number of carbonyl (C=O) groups excluding carboxylic acids is 1. The Hall–Kier alpha value is -2.31. The number of rotatable bonds is 4. The van der Waals surface area contributed by atoms with Gasteiger partial charge in [0.1, 0.15) is 11.4 Å². The van der Waals surface area contributed by atoms with Crippen LogP contribution in [0.2, 0.25) is 0 Å². The third kappa shape index (κ3) is 2.83. The fourth-order valence-electron chi connectivity index (χ4n) is 3.03. The predicted octanol–water partition coefficient (Wildman–Crippen LogP) is 2.11. The molecule has 0 aromatic carbocycles. The van der Waals surface area contributed by atoms with Crippen molar-refractivity contribution in [3.63, 3.8) is 0 Å². The Kier molecular flexibility index (Phi) is 4.11. The standard InChI is InChI=1S/C16H24N6O/c1-5-22-13(10-11(2)18-22)16(23)17-14-12(3)20(4)19-15(14)21-8-6-7-9-21/h10H,5-9H2,1-4H3,(H,17,23). The average Bonchev–Trinajstić information content (AvgIpc) is 3.23. The summed E-state index contributed by atoms with van der Waals surface area (Å²) in [5.41, 5.74) is 3.20. The summed E-state index contributed by atoms with van der Waals surface area (Å²) in [7, 11) is 1.91. The number of nitrogens with one attached hydrogen (secondary N) is 1. The highest BCUT2D eigenvalue weighted by Gasteiger charge is 2.24. The van der Waals surface area contributed by atoms with Gasteiger partial charge in [-0.05, 0) is 39.7 Å². The molecule has 7 nitrogen and oxygen atoms in total. The first-order chi connectivity index (χ1) is 11.0. The van der Waals surface area contributed by atoms with Crippen molar-refractivity contribution >= 4 is 17.4 Å². The second-order valence-electron chi connectivity index (χ2n) is 6.04. The third-order valence-corrected chi connectivity index (χ3v) is 4.39. The molecule has 7 heteroatoms. The van der Waals surface area contributed by atoms with Crippen molar-refractivity contribution in [1.29, 1.82) is 0 Å². The fraction of sp³-hybridized carbons (Fsp3) is 0.562. The smallest absolute Gasteiger partial charge is 0.274 e. The summed E-state index contributed by atoms with van der Waals surface area (Å²) in [6, 6.07) is 1.82. The molecule has 0 radical (unpaired) electrons. The molecule has 0 aliphatic carbocycles. The van der Waals surface area contributed by atoms with Crippen LogP contribution >= 0.6 is 0 Å². The SMILES string of the molecule is CCn1nc(C)cc1C(=O)Nc1c(N2CCCC2)nn(C)c1C. The minimum absolute atomic E-state index is 0.135. The summed E-state index contributed by atoms with van der Waals surface area (Å²) in [5, 5.41) is 12.0. The summed E-state index contributed by atoms with van der Waals surface area (Å²) < 4.78 is 3.55. The first kappa shape index (κ1) is 15.6. The molecular formula is C16H24N6O. The molecule has 1 aliphatic rings. The van der Waals surface area contributed by atoms with Crippen LogP contribution in [-0.2, 0) is 13.6 Å². The maximum atomic E-state index is 12.7. The molecule has 0 saturated carbocycles. The van der Waals surface area contributed by atoms with Crippen molar-refractivity contribution in [2.75, 3.05) is 23.3 Å². The van der Waals surface area contributed by atoms with Gasteiger partial charge in [0.2, 0.25) is 0 Å². The van der Waals surface area contributed by atoms with Crippen LogP contribution in [0.15, 0.2) is 6.07 Å². The molecule has 1 amide bonds. The van der Waals surface area contributed by atoms with E-state index in [0.717, 1.165) is 36.0 Å². The highest BCUT2D eigenvalue weighted by atomic mass is 16.2. The Morgan fingerprint density at radius 3 is 2.61 bits per heavy atom. The number of anilines is 2. The van der Waals surface area contributed by atoms with E-state index in [1.165, 1.54) is 12.8 Å². The predicted molar refractivity (Wildman–Crippen MR) is 90.0 cm³/mol. The second kappa shape index (κ2) is 6.06. The van der Waals surface area contributed by atoms with E-state index in [-0.39, 0.29) is 5.91 Å². The zero-order valence-corrected chi connectivity index (χ0v) is 14.3. The van der Waals surface area contributed by atoms with Crippen LogP contribution in [0, 0.1) is 13.8 Å². The van der Waals surface area contributed by atoms with Crippen LogP contribution in [0.1, 0.15) is 41.6 Å². The van der Waals surface area contributed by atoms with Gasteiger partial charge < -0.3 is 10.2 Å². The Morgan fingerprint density at radius 2 is 1.96 bits per heavy atom. The maximum absolute atomic E-state index is 12.7. The molecule has 3 heterocycles. The molecule has 3 rings (SSSR count). The first-order valence-electron chi connectivity index (χ1n) is 8.15. The van der Waals surface area contributed by atoms with Crippen LogP contribution in [0.4, 0.5) is 11.5 Å². The van der Waals surface area contributed by atoms with Crippen LogP contribution in [0.3, 0.4) is 0 Å². The van der Waals surface area contributed by atoms with Gasteiger partial charge in [-0.15, -0.1) is 0 Å². The Labute approximate surface area is 136 Å². The van der Waals surface area contributed by atoms with Gasteiger partial charge in [0.15, 0.2) is 5.82 Å². The van der Waals surface area contributed by atoms with E-state index >= 15 is 0 Å². The fourth-order valence-corrected chi connectivity index (χ4v) is 3.03. The van der Waals surface area contributed by atoms with Gasteiger partial charge in [-0.25, -0.2) is 0 Å². The lowest BCUT2D eigenvalue weighted by Gasteiger charge is -2.16. The zero-order chi connectivity index (χ0) is 16.6. The van der Waals surface area contributed by atoms with E-state index in [2.05, 4.69) is 20.4 Å². The zero-order valence-electron chi connectivity index (χ0n) is 14.3. The van der Waals surface area contributed by atoms with Gasteiger partial charge in [0, 0.05) is 26.7 Å². The Balaban J connectivity index is 1.91. The lowest BCUT2D eigenvalue weighted by atomic mass is 10.3. The largest absolute Gasteiger partial charge is 0.353 e. The third-order valence-electron chi connectivity index (χ3n) is 4.39. The van der Waals surface area contributed by atoms with Gasteiger partial charge in [0.05, 0.1) is 11.4 Å². The van der Waals surface area contributed by atoms with Gasteiger partial charge in [-0.3, -0.25) is 14.2 Å². The highest BCUT2D eigenvalue weighted by molar-refractivity contribution is 6.05. The molecule has 23 heavy (non-hydrogen) atoms. The monoisotopic (exact) mass is 316 g/mol. The van der Waals surface area contributed by atoms with E-state index in [0.29, 0.717) is 12.2 Å². The molecule has 0 atom stereocenters. The van der Waals surface area contributed by atoms with Crippen molar-refractivity contribution in [3.05, 3.63) is 23.1 Å². The highest BCUT2D eigenvalue weighted by Crippen LogP contribution is 2.30. The van der Waals surface area contributed by atoms with Crippen molar-refractivity contribution in [3.8, 4) is 0 Å². The molecule has 2 aromatic heterocycles. The quantitative estimate of drug-likeness (QED) is 0.938. The average molecular weight is 316 g/mol. The number of amides is 1. The lowest BCUT2D eigenvalue weighted by Crippen LogP contribution is -2.22. The van der Waals surface area contributed by atoms with Gasteiger partial charge in [0.25, 0.3) is 5.91 Å². The molecule has 1 N–H and O–H groups in total. The van der Waals surface area contributed by atoms with Gasteiger partial charge in [-0.2, -0.15) is 10.2 Å². The van der Waals surface area contributed by atoms with Gasteiger partial charge in [-0.1, -0.05) is 0 Å². The minimum Gasteiger partial charge on any atom is -0.353 e. The Bertz CT molecular complexity index is 723. The first-order valence-corrected chi connectivity index (χ1v) is 8.15. The number of nitrogens with zero attached hydrogens (tertiary/aromatic N) is 5. The van der Waals surface area contributed by atoms with E-state index in [1.54, 1.807) is 4.68 Å². The molecule has 124 valence electrons. The molecule has 1 fully saturated rings. The topological polar surface area (TPSA) is 68.0 Å². The number of carbonyl (C=O) groups is 1. The van der Waals surface area contributed by atoms with Crippen molar-refractivity contribution in [2.45, 2.75) is 40.2 Å². The van der Waals surface area contributed by atoms with E-state index < -0.39 is 0 Å². The molecule has 0 bridgehead atoms. The van der Waals surface area contributed by atoms with Crippen molar-refractivity contribution in [1.82, 2.24) is 19.6 Å². The molecule has 0 spiro atoms.